The summed E-state index contributed by atoms with van der Waals surface area (Å²) in [6, 6.07) is 0. The Hall–Kier alpha value is -2.38. The lowest BCUT2D eigenvalue weighted by molar-refractivity contribution is -0.129. The van der Waals surface area contributed by atoms with Gasteiger partial charge in [0.15, 0.2) is 5.82 Å². The lowest BCUT2D eigenvalue weighted by Gasteiger charge is -2.33. The van der Waals surface area contributed by atoms with Gasteiger partial charge in [0.05, 0.1) is 5.92 Å². The number of rotatable bonds is 6. The van der Waals surface area contributed by atoms with Gasteiger partial charge in [-0.15, -0.1) is 0 Å². The Morgan fingerprint density at radius 3 is 2.57 bits per heavy atom. The summed E-state index contributed by atoms with van der Waals surface area (Å²) in [5.74, 6) is 1.36. The largest absolute Gasteiger partial charge is 0.356 e. The maximum absolute atomic E-state index is 12.6. The fraction of sp³-hybridized carbons (Fsp3) is 0.700. The third kappa shape index (κ3) is 4.20. The first-order chi connectivity index (χ1) is 13.5. The van der Waals surface area contributed by atoms with Crippen molar-refractivity contribution in [2.24, 2.45) is 24.8 Å². The summed E-state index contributed by atoms with van der Waals surface area (Å²) in [7, 11) is 1.82. The van der Waals surface area contributed by atoms with Crippen molar-refractivity contribution in [2.45, 2.75) is 32.1 Å². The molecule has 1 atom stereocenters. The number of aromatic nitrogens is 2. The molecule has 0 radical (unpaired) electrons. The Kier molecular flexibility index (Phi) is 5.37. The molecule has 0 bridgehead atoms. The van der Waals surface area contributed by atoms with E-state index in [-0.39, 0.29) is 23.6 Å². The Labute approximate surface area is 165 Å². The molecule has 0 spiro atoms. The Balaban J connectivity index is 1.23. The van der Waals surface area contributed by atoms with Crippen molar-refractivity contribution >= 4 is 17.7 Å². The van der Waals surface area contributed by atoms with E-state index in [2.05, 4.69) is 10.3 Å². The van der Waals surface area contributed by atoms with Crippen LogP contribution in [0.1, 0.15) is 42.7 Å². The molecular formula is C20H29N5O3. The smallest absolute Gasteiger partial charge is 0.289 e. The molecule has 1 saturated carbocycles. The summed E-state index contributed by atoms with van der Waals surface area (Å²) in [6.45, 7) is 3.34. The molecule has 1 N–H and O–H groups in total. The maximum Gasteiger partial charge on any atom is 0.289 e. The molecule has 3 aliphatic rings. The van der Waals surface area contributed by atoms with Crippen LogP contribution in [-0.2, 0) is 16.6 Å². The van der Waals surface area contributed by atoms with Gasteiger partial charge in [0.2, 0.25) is 11.8 Å². The van der Waals surface area contributed by atoms with Gasteiger partial charge in [0, 0.05) is 58.6 Å². The minimum absolute atomic E-state index is 0.0261. The van der Waals surface area contributed by atoms with Crippen LogP contribution in [0.4, 0.5) is 0 Å². The summed E-state index contributed by atoms with van der Waals surface area (Å²) in [6.07, 6.45) is 7.89. The first-order valence-electron chi connectivity index (χ1n) is 10.3. The van der Waals surface area contributed by atoms with Crippen LogP contribution >= 0.6 is 0 Å². The molecule has 3 amide bonds. The first kappa shape index (κ1) is 19.0. The highest BCUT2D eigenvalue weighted by Gasteiger charge is 2.36. The van der Waals surface area contributed by atoms with E-state index in [9.17, 15) is 14.4 Å². The number of piperidine rings is 1. The standard InChI is InChI=1S/C20H29N5O3/c1-23-9-6-21-18(23)20(28)24-7-4-15(5-8-24)12-25-13-16(10-17(25)26)19(27)22-11-14-2-3-14/h6,9,14-16H,2-5,7-8,10-13H2,1H3,(H,22,27). The minimum Gasteiger partial charge on any atom is -0.356 e. The van der Waals surface area contributed by atoms with Crippen LogP contribution < -0.4 is 5.32 Å². The number of nitrogens with zero attached hydrogens (tertiary/aromatic N) is 4. The van der Waals surface area contributed by atoms with Crippen molar-refractivity contribution in [3.8, 4) is 0 Å². The van der Waals surface area contributed by atoms with Gasteiger partial charge in [-0.25, -0.2) is 4.98 Å². The second-order valence-electron chi connectivity index (χ2n) is 8.49. The predicted molar refractivity (Wildman–Crippen MR) is 102 cm³/mol. The zero-order valence-electron chi connectivity index (χ0n) is 16.5. The molecule has 4 rings (SSSR count). The highest BCUT2D eigenvalue weighted by atomic mass is 16.2. The van der Waals surface area contributed by atoms with Crippen LogP contribution in [0.15, 0.2) is 12.4 Å². The van der Waals surface area contributed by atoms with Gasteiger partial charge in [0.1, 0.15) is 0 Å². The molecule has 2 saturated heterocycles. The number of carbonyl (C=O) groups is 3. The summed E-state index contributed by atoms with van der Waals surface area (Å²) in [5, 5.41) is 3.00. The summed E-state index contributed by atoms with van der Waals surface area (Å²) in [5.41, 5.74) is 0. The molecule has 8 nitrogen and oxygen atoms in total. The molecule has 3 heterocycles. The van der Waals surface area contributed by atoms with Crippen LogP contribution in [0.2, 0.25) is 0 Å². The number of carbonyl (C=O) groups excluding carboxylic acids is 3. The number of hydrogen-bond donors (Lipinski definition) is 1. The molecule has 1 aromatic rings. The van der Waals surface area contributed by atoms with E-state index in [0.29, 0.717) is 50.3 Å². The second-order valence-corrected chi connectivity index (χ2v) is 8.49. The highest BCUT2D eigenvalue weighted by Crippen LogP contribution is 2.28. The summed E-state index contributed by atoms with van der Waals surface area (Å²) < 4.78 is 1.74. The van der Waals surface area contributed by atoms with Gasteiger partial charge in [-0.1, -0.05) is 0 Å². The number of nitrogens with one attached hydrogen (secondary N) is 1. The highest BCUT2D eigenvalue weighted by molar-refractivity contribution is 5.91. The van der Waals surface area contributed by atoms with Crippen LogP contribution in [0.5, 0.6) is 0 Å². The fourth-order valence-electron chi connectivity index (χ4n) is 4.18. The minimum atomic E-state index is -0.212. The van der Waals surface area contributed by atoms with E-state index < -0.39 is 0 Å². The van der Waals surface area contributed by atoms with Crippen LogP contribution in [0.25, 0.3) is 0 Å². The Morgan fingerprint density at radius 1 is 1.18 bits per heavy atom. The van der Waals surface area contributed by atoms with E-state index in [1.54, 1.807) is 17.0 Å². The molecule has 3 fully saturated rings. The fourth-order valence-corrected chi connectivity index (χ4v) is 4.18. The van der Waals surface area contributed by atoms with Gasteiger partial charge in [-0.2, -0.15) is 0 Å². The zero-order valence-corrected chi connectivity index (χ0v) is 16.5. The molecule has 2 aliphatic heterocycles. The molecule has 1 aromatic heterocycles. The summed E-state index contributed by atoms with van der Waals surface area (Å²) >= 11 is 0. The lowest BCUT2D eigenvalue weighted by Crippen LogP contribution is -2.42. The van der Waals surface area contributed by atoms with Crippen LogP contribution in [-0.4, -0.2) is 69.8 Å². The van der Waals surface area contributed by atoms with Crippen molar-refractivity contribution < 1.29 is 14.4 Å². The number of hydrogen-bond acceptors (Lipinski definition) is 4. The molecule has 8 heteroatoms. The first-order valence-corrected chi connectivity index (χ1v) is 10.3. The van der Waals surface area contributed by atoms with E-state index in [1.165, 1.54) is 12.8 Å². The normalized spacial score (nSPS) is 23.3. The maximum atomic E-state index is 12.6. The van der Waals surface area contributed by atoms with Crippen LogP contribution in [0.3, 0.4) is 0 Å². The van der Waals surface area contributed by atoms with Gasteiger partial charge >= 0.3 is 0 Å². The van der Waals surface area contributed by atoms with Crippen molar-refractivity contribution in [2.75, 3.05) is 32.7 Å². The average molecular weight is 387 g/mol. The van der Waals surface area contributed by atoms with Gasteiger partial charge in [-0.05, 0) is 37.5 Å². The predicted octanol–water partition coefficient (Wildman–Crippen LogP) is 0.647. The number of aryl methyl sites for hydroxylation is 1. The van der Waals surface area contributed by atoms with Crippen molar-refractivity contribution in [3.63, 3.8) is 0 Å². The van der Waals surface area contributed by atoms with Crippen molar-refractivity contribution in [3.05, 3.63) is 18.2 Å². The SMILES string of the molecule is Cn1ccnc1C(=O)N1CCC(CN2CC(C(=O)NCC3CC3)CC2=O)CC1. The van der Waals surface area contributed by atoms with E-state index >= 15 is 0 Å². The third-order valence-electron chi connectivity index (χ3n) is 6.24. The van der Waals surface area contributed by atoms with E-state index in [4.69, 9.17) is 0 Å². The van der Waals surface area contributed by atoms with Crippen LogP contribution in [0, 0.1) is 17.8 Å². The van der Waals surface area contributed by atoms with E-state index in [1.807, 2.05) is 16.8 Å². The monoisotopic (exact) mass is 387 g/mol. The summed E-state index contributed by atoms with van der Waals surface area (Å²) in [4.78, 5) is 45.0. The topological polar surface area (TPSA) is 87.5 Å². The van der Waals surface area contributed by atoms with Gasteiger partial charge in [-0.3, -0.25) is 14.4 Å². The van der Waals surface area contributed by atoms with Crippen molar-refractivity contribution in [1.29, 1.82) is 0 Å². The molecule has 0 aromatic carbocycles. The quantitative estimate of drug-likeness (QED) is 0.776. The molecule has 1 unspecified atom stereocenters. The molecule has 1 aliphatic carbocycles. The molecule has 152 valence electrons. The molecule has 28 heavy (non-hydrogen) atoms. The third-order valence-corrected chi connectivity index (χ3v) is 6.24. The Bertz CT molecular complexity index is 749. The average Bonchev–Trinajstić information content (AvgIpc) is 3.32. The number of amides is 3. The number of imidazole rings is 1. The van der Waals surface area contributed by atoms with Gasteiger partial charge < -0.3 is 19.7 Å². The Morgan fingerprint density at radius 2 is 1.93 bits per heavy atom. The van der Waals surface area contributed by atoms with Gasteiger partial charge in [0.25, 0.3) is 5.91 Å². The number of likely N-dealkylation sites (tertiary alicyclic amines) is 2. The van der Waals surface area contributed by atoms with E-state index in [0.717, 1.165) is 19.4 Å². The molecular weight excluding hydrogens is 358 g/mol. The van der Waals surface area contributed by atoms with Crippen molar-refractivity contribution in [1.82, 2.24) is 24.7 Å². The lowest BCUT2D eigenvalue weighted by atomic mass is 9.96. The second kappa shape index (κ2) is 7.93. The zero-order chi connectivity index (χ0) is 19.7.